The lowest BCUT2D eigenvalue weighted by Crippen LogP contribution is -3.00. The lowest BCUT2D eigenvalue weighted by molar-refractivity contribution is -0.000000912. The minimum absolute atomic E-state index is 0. The minimum atomic E-state index is 0. The first kappa shape index (κ1) is 6.15. The van der Waals surface area contributed by atoms with Crippen LogP contribution in [0.1, 0.15) is 0 Å². The topological polar surface area (TPSA) is 12.4 Å². The Hall–Kier alpha value is 0.150. The molecule has 1 aliphatic heterocycles. The Balaban J connectivity index is 0.000000250. The fraction of sp³-hybridized carbons (Fsp3) is 0. The summed E-state index contributed by atoms with van der Waals surface area (Å²) in [5.74, 6) is 0. The Morgan fingerprint density at radius 2 is 2.50 bits per heavy atom. The van der Waals surface area contributed by atoms with Crippen LogP contribution in [0.5, 0.6) is 0 Å². The van der Waals surface area contributed by atoms with Crippen molar-refractivity contribution < 1.29 is 17.0 Å². The number of rotatable bonds is 0. The van der Waals surface area contributed by atoms with E-state index in [-0.39, 0.29) is 17.0 Å². The second-order valence-electron chi connectivity index (χ2n) is 0.623. The van der Waals surface area contributed by atoms with Crippen LogP contribution in [0.25, 0.3) is 0 Å². The molecule has 0 spiro atoms. The third kappa shape index (κ3) is 1.55. The highest BCUT2D eigenvalue weighted by atomic mass is 79.9. The van der Waals surface area contributed by atoms with Crippen LogP contribution in [-0.2, 0) is 0 Å². The van der Waals surface area contributed by atoms with Gasteiger partial charge in [0.1, 0.15) is 17.2 Å². The van der Waals surface area contributed by atoms with Crippen molar-refractivity contribution in [3.05, 3.63) is 11.6 Å². The number of halogens is 1. The van der Waals surface area contributed by atoms with Crippen molar-refractivity contribution in [2.45, 2.75) is 0 Å². The molecule has 1 heterocycles. The van der Waals surface area contributed by atoms with Gasteiger partial charge in [-0.25, -0.2) is 0 Å². The monoisotopic (exact) mass is 163 g/mol. The number of hydrogen-bond acceptors (Lipinski definition) is 2. The largest absolute Gasteiger partial charge is 1.00 e. The number of hydrogen-bond donors (Lipinski definition) is 0. The summed E-state index contributed by atoms with van der Waals surface area (Å²) in [6.45, 7) is 0. The summed E-state index contributed by atoms with van der Waals surface area (Å²) < 4.78 is 0. The molecule has 0 aromatic rings. The third-order valence-electron chi connectivity index (χ3n) is 0.309. The van der Waals surface area contributed by atoms with Gasteiger partial charge in [-0.05, 0) is 4.99 Å². The van der Waals surface area contributed by atoms with Gasteiger partial charge in [-0.1, -0.05) is 0 Å². The fourth-order valence-corrected chi connectivity index (χ4v) is 0.456. The van der Waals surface area contributed by atoms with Crippen LogP contribution in [0.2, 0.25) is 0 Å². The summed E-state index contributed by atoms with van der Waals surface area (Å²) in [7, 11) is 0. The first-order chi connectivity index (χ1) is 2.50. The predicted octanol–water partition coefficient (Wildman–Crippen LogP) is -1.89. The molecule has 3 heteroatoms. The first-order valence-corrected chi connectivity index (χ1v) is 2.13. The van der Waals surface area contributed by atoms with Crippen LogP contribution in [0, 0.1) is 0 Å². The van der Waals surface area contributed by atoms with Crippen molar-refractivity contribution >= 4 is 17.3 Å². The maximum absolute atomic E-state index is 3.62. The van der Waals surface area contributed by atoms with E-state index in [9.17, 15) is 0 Å². The molecular weight excluding hydrogens is 162 g/mol. The van der Waals surface area contributed by atoms with Gasteiger partial charge in [-0.3, -0.25) is 0 Å². The van der Waals surface area contributed by atoms with Gasteiger partial charge in [-0.15, -0.1) is 0 Å². The number of thioether (sulfide) groups is 1. The SMILES string of the molecule is [Br-].[C+]1=NC=CS1. The molecule has 0 fully saturated rings. The summed E-state index contributed by atoms with van der Waals surface area (Å²) in [6, 6.07) is 0. The molecular formula is C3H2BrNS. The molecule has 1 nitrogen and oxygen atoms in total. The van der Waals surface area contributed by atoms with E-state index in [2.05, 4.69) is 10.5 Å². The van der Waals surface area contributed by atoms with E-state index in [0.717, 1.165) is 0 Å². The van der Waals surface area contributed by atoms with Crippen molar-refractivity contribution in [3.8, 4) is 0 Å². The molecule has 0 bridgehead atoms. The summed E-state index contributed by atoms with van der Waals surface area (Å²) in [4.78, 5) is 3.62. The van der Waals surface area contributed by atoms with E-state index in [1.807, 2.05) is 5.41 Å². The molecule has 6 heavy (non-hydrogen) atoms. The van der Waals surface area contributed by atoms with E-state index < -0.39 is 0 Å². The highest BCUT2D eigenvalue weighted by Crippen LogP contribution is 2.02. The van der Waals surface area contributed by atoms with Gasteiger partial charge in [0.05, 0.1) is 0 Å². The molecule has 1 aliphatic rings. The molecule has 0 saturated carbocycles. The van der Waals surface area contributed by atoms with E-state index in [1.165, 1.54) is 11.8 Å². The Morgan fingerprint density at radius 1 is 1.67 bits per heavy atom. The van der Waals surface area contributed by atoms with Crippen molar-refractivity contribution in [1.29, 1.82) is 0 Å². The van der Waals surface area contributed by atoms with Crippen molar-refractivity contribution in [2.75, 3.05) is 0 Å². The molecule has 0 aromatic carbocycles. The molecule has 0 atom stereocenters. The van der Waals surface area contributed by atoms with Crippen LogP contribution in [0.3, 0.4) is 0 Å². The van der Waals surface area contributed by atoms with Crippen molar-refractivity contribution in [2.24, 2.45) is 4.99 Å². The number of aliphatic imine (C=N–C) groups is 1. The fourth-order valence-electron chi connectivity index (χ4n) is 0.152. The average Bonchev–Trinajstić information content (AvgIpc) is 1.76. The van der Waals surface area contributed by atoms with Crippen molar-refractivity contribution in [1.82, 2.24) is 0 Å². The predicted molar refractivity (Wildman–Crippen MR) is 24.2 cm³/mol. The lowest BCUT2D eigenvalue weighted by Gasteiger charge is -1.37. The average molecular weight is 164 g/mol. The maximum atomic E-state index is 3.62. The standard InChI is InChI=1S/C3H2NS.BrH/c1-2-5-3-4-1;/h1-2H;1H/q+1;/p-1. The van der Waals surface area contributed by atoms with Gasteiger partial charge in [0.2, 0.25) is 0 Å². The normalized spacial score (nSPS) is 13.3. The van der Waals surface area contributed by atoms with Gasteiger partial charge in [-0.2, -0.15) is 0 Å². The highest BCUT2D eigenvalue weighted by Gasteiger charge is 1.92. The molecule has 0 N–H and O–H groups in total. The Kier molecular flexibility index (Phi) is 3.43. The molecule has 32 valence electrons. The smallest absolute Gasteiger partial charge is 0.271 e. The molecule has 0 radical (unpaired) electrons. The summed E-state index contributed by atoms with van der Waals surface area (Å²) >= 11 is 1.48. The van der Waals surface area contributed by atoms with Crippen LogP contribution in [0.4, 0.5) is 0 Å². The Morgan fingerprint density at radius 3 is 2.67 bits per heavy atom. The van der Waals surface area contributed by atoms with Gasteiger partial charge < -0.3 is 17.0 Å². The summed E-state index contributed by atoms with van der Waals surface area (Å²) in [5, 5.41) is 1.88. The second kappa shape index (κ2) is 3.34. The Bertz CT molecular complexity index is 68.9. The first-order valence-electron chi connectivity index (χ1n) is 1.25. The molecule has 0 unspecified atom stereocenters. The molecule has 0 amide bonds. The third-order valence-corrected chi connectivity index (χ3v) is 0.777. The quantitative estimate of drug-likeness (QED) is 0.381. The lowest BCUT2D eigenvalue weighted by atomic mass is 11.1. The summed E-state index contributed by atoms with van der Waals surface area (Å²) in [5.41, 5.74) is 2.65. The van der Waals surface area contributed by atoms with Gasteiger partial charge >= 0.3 is 0 Å². The zero-order chi connectivity index (χ0) is 3.54. The molecule has 0 aromatic heterocycles. The zero-order valence-corrected chi connectivity index (χ0v) is 5.29. The van der Waals surface area contributed by atoms with E-state index in [0.29, 0.717) is 0 Å². The number of nitrogens with zero attached hydrogens (tertiary/aromatic N) is 1. The van der Waals surface area contributed by atoms with Gasteiger partial charge in [0.15, 0.2) is 6.20 Å². The molecule has 0 aliphatic carbocycles. The van der Waals surface area contributed by atoms with Gasteiger partial charge in [0.25, 0.3) is 5.55 Å². The molecule has 0 saturated heterocycles. The van der Waals surface area contributed by atoms with Crippen LogP contribution < -0.4 is 17.0 Å². The highest BCUT2D eigenvalue weighted by molar-refractivity contribution is 8.14. The van der Waals surface area contributed by atoms with Crippen LogP contribution in [0.15, 0.2) is 16.6 Å². The summed E-state index contributed by atoms with van der Waals surface area (Å²) in [6.07, 6.45) is 1.71. The van der Waals surface area contributed by atoms with Crippen LogP contribution >= 0.6 is 11.8 Å². The minimum Gasteiger partial charge on any atom is -1.00 e. The van der Waals surface area contributed by atoms with E-state index in [4.69, 9.17) is 0 Å². The Labute approximate surface area is 51.3 Å². The second-order valence-corrected chi connectivity index (χ2v) is 1.31. The van der Waals surface area contributed by atoms with E-state index >= 15 is 0 Å². The van der Waals surface area contributed by atoms with Crippen molar-refractivity contribution in [3.63, 3.8) is 0 Å². The van der Waals surface area contributed by atoms with Gasteiger partial charge in [0, 0.05) is 0 Å². The maximum Gasteiger partial charge on any atom is 0.271 e. The van der Waals surface area contributed by atoms with Crippen LogP contribution in [-0.4, -0.2) is 5.55 Å². The van der Waals surface area contributed by atoms with E-state index in [1.54, 1.807) is 6.20 Å². The zero-order valence-electron chi connectivity index (χ0n) is 2.89. The molecule has 1 rings (SSSR count).